The third kappa shape index (κ3) is 3.20. The average molecular weight is 262 g/mol. The summed E-state index contributed by atoms with van der Waals surface area (Å²) in [5, 5.41) is 38.3. The van der Waals surface area contributed by atoms with Crippen molar-refractivity contribution >= 4 is 11.9 Å². The summed E-state index contributed by atoms with van der Waals surface area (Å²) in [5.74, 6) is -3.39. The maximum absolute atomic E-state index is 11.2. The SMILES string of the molecule is CCCC[C@](O)(C(=O)O)[C@](O)(CCCC)C(=O)O. The molecule has 0 bridgehead atoms. The quantitative estimate of drug-likeness (QED) is 0.492. The van der Waals surface area contributed by atoms with Crippen LogP contribution in [0.15, 0.2) is 0 Å². The first kappa shape index (κ1) is 16.9. The highest BCUT2D eigenvalue weighted by Gasteiger charge is 2.59. The molecule has 18 heavy (non-hydrogen) atoms. The standard InChI is InChI=1S/C12H22O6/c1-3-5-7-11(17,9(13)14)12(18,10(15)16)8-6-4-2/h17-18H,3-8H2,1-2H3,(H,13,14)(H,15,16)/t11-,12-/m0/s1. The fourth-order valence-corrected chi connectivity index (χ4v) is 1.85. The Hall–Kier alpha value is -1.14. The molecule has 0 aliphatic carbocycles. The molecule has 2 atom stereocenters. The summed E-state index contributed by atoms with van der Waals surface area (Å²) in [4.78, 5) is 22.3. The molecule has 6 heteroatoms. The molecule has 4 N–H and O–H groups in total. The second-order valence-corrected chi connectivity index (χ2v) is 4.54. The van der Waals surface area contributed by atoms with Gasteiger partial charge in [0, 0.05) is 0 Å². The normalized spacial score (nSPS) is 17.8. The molecule has 0 aliphatic heterocycles. The van der Waals surface area contributed by atoms with E-state index in [0.717, 1.165) is 0 Å². The van der Waals surface area contributed by atoms with E-state index < -0.39 is 23.1 Å². The second kappa shape index (κ2) is 6.70. The van der Waals surface area contributed by atoms with Gasteiger partial charge in [-0.15, -0.1) is 0 Å². The van der Waals surface area contributed by atoms with Crippen LogP contribution in [0.5, 0.6) is 0 Å². The average Bonchev–Trinajstić information content (AvgIpc) is 2.32. The summed E-state index contributed by atoms with van der Waals surface area (Å²) >= 11 is 0. The molecule has 0 aromatic carbocycles. The minimum absolute atomic E-state index is 0.286. The number of aliphatic carboxylic acids is 2. The molecule has 0 spiro atoms. The fourth-order valence-electron chi connectivity index (χ4n) is 1.85. The van der Waals surface area contributed by atoms with Crippen molar-refractivity contribution in [2.75, 3.05) is 0 Å². The van der Waals surface area contributed by atoms with Crippen LogP contribution in [0.1, 0.15) is 52.4 Å². The van der Waals surface area contributed by atoms with E-state index in [1.807, 2.05) is 0 Å². The third-order valence-corrected chi connectivity index (χ3v) is 3.18. The molecule has 0 aliphatic rings. The maximum atomic E-state index is 11.2. The first-order valence-electron chi connectivity index (χ1n) is 6.17. The van der Waals surface area contributed by atoms with E-state index in [1.165, 1.54) is 0 Å². The zero-order chi connectivity index (χ0) is 14.4. The van der Waals surface area contributed by atoms with E-state index >= 15 is 0 Å². The van der Waals surface area contributed by atoms with E-state index in [-0.39, 0.29) is 12.8 Å². The van der Waals surface area contributed by atoms with Gasteiger partial charge in [-0.3, -0.25) is 0 Å². The first-order valence-corrected chi connectivity index (χ1v) is 6.17. The van der Waals surface area contributed by atoms with Crippen LogP contribution >= 0.6 is 0 Å². The van der Waals surface area contributed by atoms with Gasteiger partial charge in [-0.25, -0.2) is 9.59 Å². The summed E-state index contributed by atoms with van der Waals surface area (Å²) in [6.45, 7) is 3.57. The molecule has 0 unspecified atom stereocenters. The smallest absolute Gasteiger partial charge is 0.339 e. The van der Waals surface area contributed by atoms with Crippen LogP contribution in [-0.2, 0) is 9.59 Å². The summed E-state index contributed by atoms with van der Waals surface area (Å²) < 4.78 is 0. The number of carboxylic acids is 2. The van der Waals surface area contributed by atoms with E-state index in [1.54, 1.807) is 13.8 Å². The number of hydrogen-bond donors (Lipinski definition) is 4. The summed E-state index contributed by atoms with van der Waals surface area (Å²) in [6, 6.07) is 0. The van der Waals surface area contributed by atoms with Crippen molar-refractivity contribution in [3.05, 3.63) is 0 Å². The molecule has 6 nitrogen and oxygen atoms in total. The van der Waals surface area contributed by atoms with Gasteiger partial charge in [-0.2, -0.15) is 0 Å². The van der Waals surface area contributed by atoms with Gasteiger partial charge in [0.1, 0.15) is 0 Å². The van der Waals surface area contributed by atoms with E-state index in [2.05, 4.69) is 0 Å². The number of aliphatic hydroxyl groups is 2. The lowest BCUT2D eigenvalue weighted by molar-refractivity contribution is -0.210. The van der Waals surface area contributed by atoms with Crippen LogP contribution in [0, 0.1) is 0 Å². The second-order valence-electron chi connectivity index (χ2n) is 4.54. The Morgan fingerprint density at radius 3 is 1.28 bits per heavy atom. The summed E-state index contributed by atoms with van der Waals surface area (Å²) in [6.07, 6.45) is 1.27. The monoisotopic (exact) mass is 262 g/mol. The van der Waals surface area contributed by atoms with Crippen molar-refractivity contribution in [2.24, 2.45) is 0 Å². The van der Waals surface area contributed by atoms with Gasteiger partial charge >= 0.3 is 11.9 Å². The molecule has 0 aromatic heterocycles. The predicted molar refractivity (Wildman–Crippen MR) is 64.2 cm³/mol. The van der Waals surface area contributed by atoms with Crippen molar-refractivity contribution in [1.29, 1.82) is 0 Å². The number of hydrogen-bond acceptors (Lipinski definition) is 4. The third-order valence-electron chi connectivity index (χ3n) is 3.18. The van der Waals surface area contributed by atoms with Crippen LogP contribution in [0.4, 0.5) is 0 Å². The zero-order valence-electron chi connectivity index (χ0n) is 10.8. The Morgan fingerprint density at radius 2 is 1.11 bits per heavy atom. The highest BCUT2D eigenvalue weighted by Crippen LogP contribution is 2.33. The molecule has 0 saturated heterocycles. The number of rotatable bonds is 9. The van der Waals surface area contributed by atoms with Gasteiger partial charge in [-0.05, 0) is 12.8 Å². The summed E-state index contributed by atoms with van der Waals surface area (Å²) in [5.41, 5.74) is -5.30. The van der Waals surface area contributed by atoms with E-state index in [4.69, 9.17) is 10.2 Å². The molecular weight excluding hydrogens is 240 g/mol. The van der Waals surface area contributed by atoms with Crippen LogP contribution in [0.3, 0.4) is 0 Å². The Bertz CT molecular complexity index is 273. The first-order chi connectivity index (χ1) is 8.26. The Morgan fingerprint density at radius 1 is 0.833 bits per heavy atom. The van der Waals surface area contributed by atoms with Gasteiger partial charge < -0.3 is 20.4 Å². The zero-order valence-corrected chi connectivity index (χ0v) is 10.8. The van der Waals surface area contributed by atoms with Crippen molar-refractivity contribution in [3.63, 3.8) is 0 Å². The van der Waals surface area contributed by atoms with E-state index in [0.29, 0.717) is 25.7 Å². The molecule has 0 aromatic rings. The largest absolute Gasteiger partial charge is 0.479 e. The Kier molecular flexibility index (Phi) is 6.28. The van der Waals surface area contributed by atoms with Crippen molar-refractivity contribution < 1.29 is 30.0 Å². The van der Waals surface area contributed by atoms with Crippen LogP contribution < -0.4 is 0 Å². The number of carboxylic acid groups (broad SMARTS) is 2. The van der Waals surface area contributed by atoms with Gasteiger partial charge in [0.05, 0.1) is 0 Å². The fraction of sp³-hybridized carbons (Fsp3) is 0.833. The molecule has 0 heterocycles. The summed E-state index contributed by atoms with van der Waals surface area (Å²) in [7, 11) is 0. The van der Waals surface area contributed by atoms with Crippen molar-refractivity contribution in [2.45, 2.75) is 63.6 Å². The van der Waals surface area contributed by atoms with Crippen LogP contribution in [0.2, 0.25) is 0 Å². The van der Waals surface area contributed by atoms with Crippen LogP contribution in [-0.4, -0.2) is 43.6 Å². The maximum Gasteiger partial charge on any atom is 0.339 e. The van der Waals surface area contributed by atoms with Crippen LogP contribution in [0.25, 0.3) is 0 Å². The van der Waals surface area contributed by atoms with Gasteiger partial charge in [0.15, 0.2) is 0 Å². The highest BCUT2D eigenvalue weighted by molar-refractivity contribution is 5.90. The number of unbranched alkanes of at least 4 members (excludes halogenated alkanes) is 2. The molecule has 0 rings (SSSR count). The molecule has 0 fully saturated rings. The predicted octanol–water partition coefficient (Wildman–Crippen LogP) is 0.998. The lowest BCUT2D eigenvalue weighted by atomic mass is 9.76. The minimum Gasteiger partial charge on any atom is -0.479 e. The lowest BCUT2D eigenvalue weighted by Gasteiger charge is -2.37. The van der Waals surface area contributed by atoms with Crippen molar-refractivity contribution in [3.8, 4) is 0 Å². The molecule has 0 amide bonds. The van der Waals surface area contributed by atoms with Crippen molar-refractivity contribution in [1.82, 2.24) is 0 Å². The highest BCUT2D eigenvalue weighted by atomic mass is 16.5. The molecule has 0 saturated carbocycles. The number of carbonyl (C=O) groups is 2. The van der Waals surface area contributed by atoms with Gasteiger partial charge in [-0.1, -0.05) is 39.5 Å². The Balaban J connectivity index is 5.34. The topological polar surface area (TPSA) is 115 Å². The molecule has 106 valence electrons. The molecule has 0 radical (unpaired) electrons. The van der Waals surface area contributed by atoms with Gasteiger partial charge in [0.2, 0.25) is 11.2 Å². The minimum atomic E-state index is -2.65. The van der Waals surface area contributed by atoms with E-state index in [9.17, 15) is 19.8 Å². The van der Waals surface area contributed by atoms with Gasteiger partial charge in [0.25, 0.3) is 0 Å². The Labute approximate surface area is 106 Å². The lowest BCUT2D eigenvalue weighted by Crippen LogP contribution is -2.63. The molecular formula is C12H22O6.